The zero-order valence-corrected chi connectivity index (χ0v) is 11.6. The number of hydrogen-bond donors (Lipinski definition) is 2. The summed E-state index contributed by atoms with van der Waals surface area (Å²) in [5.74, 6) is 0.804. The van der Waals surface area contributed by atoms with E-state index in [0.717, 1.165) is 23.6 Å². The van der Waals surface area contributed by atoms with E-state index in [1.54, 1.807) is 0 Å². The van der Waals surface area contributed by atoms with Crippen molar-refractivity contribution in [3.05, 3.63) is 22.9 Å². The number of nitrogens with two attached hydrogens (primary N) is 1. The molecule has 0 unspecified atom stereocenters. The van der Waals surface area contributed by atoms with E-state index in [2.05, 4.69) is 4.98 Å². The molecule has 0 bridgehead atoms. The lowest BCUT2D eigenvalue weighted by Gasteiger charge is -2.22. The zero-order chi connectivity index (χ0) is 13.7. The molecule has 0 radical (unpaired) electrons. The maximum Gasteiger partial charge on any atom is 0.139 e. The first-order chi connectivity index (χ1) is 8.47. The van der Waals surface area contributed by atoms with Crippen LogP contribution in [-0.2, 0) is 4.74 Å². The smallest absolute Gasteiger partial charge is 0.139 e. The van der Waals surface area contributed by atoms with Gasteiger partial charge in [-0.2, -0.15) is 0 Å². The molecule has 1 aromatic rings. The molecule has 18 heavy (non-hydrogen) atoms. The van der Waals surface area contributed by atoms with Gasteiger partial charge in [0.1, 0.15) is 11.7 Å². The molecule has 1 heterocycles. The summed E-state index contributed by atoms with van der Waals surface area (Å²) >= 11 is 0. The van der Waals surface area contributed by atoms with E-state index in [9.17, 15) is 0 Å². The molecule has 0 amide bonds. The molecular formula is C13H22N4O. The van der Waals surface area contributed by atoms with Crippen molar-refractivity contribution in [1.29, 1.82) is 5.41 Å². The minimum Gasteiger partial charge on any atom is -0.384 e. The van der Waals surface area contributed by atoms with E-state index in [1.165, 1.54) is 0 Å². The number of nitrogens with one attached hydrogen (secondary N) is 1. The van der Waals surface area contributed by atoms with Crippen LogP contribution in [0.4, 0.5) is 5.82 Å². The SMILES string of the molecule is CCOCCN(C)c1nc(C)cc(C)c1C(=N)N. The van der Waals surface area contributed by atoms with Gasteiger partial charge in [0.2, 0.25) is 0 Å². The number of hydrogen-bond acceptors (Lipinski definition) is 4. The van der Waals surface area contributed by atoms with Crippen molar-refractivity contribution in [2.45, 2.75) is 20.8 Å². The third-order valence-electron chi connectivity index (χ3n) is 2.73. The Kier molecular flexibility index (Phi) is 5.09. The molecule has 0 fully saturated rings. The number of nitrogens with zero attached hydrogens (tertiary/aromatic N) is 2. The van der Waals surface area contributed by atoms with Crippen molar-refractivity contribution in [1.82, 2.24) is 4.98 Å². The summed E-state index contributed by atoms with van der Waals surface area (Å²) in [5.41, 5.74) is 8.26. The molecule has 5 nitrogen and oxygen atoms in total. The molecule has 100 valence electrons. The molecule has 0 spiro atoms. The van der Waals surface area contributed by atoms with Crippen LogP contribution in [0.3, 0.4) is 0 Å². The van der Waals surface area contributed by atoms with Crippen molar-refractivity contribution in [3.63, 3.8) is 0 Å². The Morgan fingerprint density at radius 2 is 2.17 bits per heavy atom. The highest BCUT2D eigenvalue weighted by molar-refractivity contribution is 6.01. The first-order valence-electron chi connectivity index (χ1n) is 6.08. The molecule has 5 heteroatoms. The Morgan fingerprint density at radius 1 is 1.50 bits per heavy atom. The van der Waals surface area contributed by atoms with Crippen molar-refractivity contribution in [3.8, 4) is 0 Å². The average Bonchev–Trinajstić information content (AvgIpc) is 2.27. The quantitative estimate of drug-likeness (QED) is 0.455. The fraction of sp³-hybridized carbons (Fsp3) is 0.538. The molecular weight excluding hydrogens is 228 g/mol. The number of amidine groups is 1. The van der Waals surface area contributed by atoms with Gasteiger partial charge in [0.05, 0.1) is 12.2 Å². The monoisotopic (exact) mass is 250 g/mol. The number of anilines is 1. The predicted molar refractivity (Wildman–Crippen MR) is 74.5 cm³/mol. The number of aromatic nitrogens is 1. The lowest BCUT2D eigenvalue weighted by molar-refractivity contribution is 0.154. The van der Waals surface area contributed by atoms with Crippen LogP contribution in [0.25, 0.3) is 0 Å². The van der Waals surface area contributed by atoms with E-state index < -0.39 is 0 Å². The summed E-state index contributed by atoms with van der Waals surface area (Å²) in [6.45, 7) is 7.93. The second-order valence-corrected chi connectivity index (χ2v) is 4.31. The van der Waals surface area contributed by atoms with Gasteiger partial charge in [-0.25, -0.2) is 4.98 Å². The minimum atomic E-state index is 0.0539. The molecule has 0 saturated heterocycles. The van der Waals surface area contributed by atoms with Crippen LogP contribution in [0.5, 0.6) is 0 Å². The van der Waals surface area contributed by atoms with E-state index in [4.69, 9.17) is 15.9 Å². The molecule has 0 atom stereocenters. The van der Waals surface area contributed by atoms with Crippen LogP contribution >= 0.6 is 0 Å². The number of likely N-dealkylation sites (N-methyl/N-ethyl adjacent to an activating group) is 1. The van der Waals surface area contributed by atoms with Crippen LogP contribution in [-0.4, -0.2) is 37.6 Å². The zero-order valence-electron chi connectivity index (χ0n) is 11.6. The Hall–Kier alpha value is -1.62. The summed E-state index contributed by atoms with van der Waals surface area (Å²) in [6.07, 6.45) is 0. The Morgan fingerprint density at radius 3 is 2.72 bits per heavy atom. The van der Waals surface area contributed by atoms with Gasteiger partial charge in [-0.15, -0.1) is 0 Å². The fourth-order valence-corrected chi connectivity index (χ4v) is 1.88. The Labute approximate surface area is 108 Å². The summed E-state index contributed by atoms with van der Waals surface area (Å²) in [6, 6.07) is 1.94. The summed E-state index contributed by atoms with van der Waals surface area (Å²) in [7, 11) is 1.94. The van der Waals surface area contributed by atoms with Gasteiger partial charge in [0, 0.05) is 25.9 Å². The fourth-order valence-electron chi connectivity index (χ4n) is 1.88. The molecule has 3 N–H and O–H groups in total. The first-order valence-corrected chi connectivity index (χ1v) is 6.08. The maximum absolute atomic E-state index is 7.67. The van der Waals surface area contributed by atoms with Gasteiger partial charge in [0.15, 0.2) is 0 Å². The van der Waals surface area contributed by atoms with Crippen LogP contribution in [0.1, 0.15) is 23.7 Å². The van der Waals surface area contributed by atoms with Gasteiger partial charge < -0.3 is 15.4 Å². The molecule has 0 saturated carbocycles. The van der Waals surface area contributed by atoms with Gasteiger partial charge in [0.25, 0.3) is 0 Å². The van der Waals surface area contributed by atoms with Gasteiger partial charge in [-0.05, 0) is 32.4 Å². The number of pyridine rings is 1. The normalized spacial score (nSPS) is 10.4. The molecule has 0 aliphatic carbocycles. The van der Waals surface area contributed by atoms with Gasteiger partial charge in [-0.3, -0.25) is 5.41 Å². The predicted octanol–water partition coefficient (Wildman–Crippen LogP) is 1.46. The van der Waals surface area contributed by atoms with Gasteiger partial charge in [-0.1, -0.05) is 0 Å². The number of aryl methyl sites for hydroxylation is 2. The number of rotatable bonds is 6. The van der Waals surface area contributed by atoms with Gasteiger partial charge >= 0.3 is 0 Å². The lowest BCUT2D eigenvalue weighted by atomic mass is 10.1. The topological polar surface area (TPSA) is 75.2 Å². The number of ether oxygens (including phenoxy) is 1. The summed E-state index contributed by atoms with van der Waals surface area (Å²) in [5, 5.41) is 7.67. The van der Waals surface area contributed by atoms with E-state index in [-0.39, 0.29) is 5.84 Å². The van der Waals surface area contributed by atoms with Crippen LogP contribution in [0, 0.1) is 19.3 Å². The summed E-state index contributed by atoms with van der Waals surface area (Å²) < 4.78 is 5.33. The van der Waals surface area contributed by atoms with Crippen molar-refractivity contribution < 1.29 is 4.74 Å². The van der Waals surface area contributed by atoms with E-state index in [1.807, 2.05) is 38.8 Å². The average molecular weight is 250 g/mol. The van der Waals surface area contributed by atoms with E-state index in [0.29, 0.717) is 18.8 Å². The third-order valence-corrected chi connectivity index (χ3v) is 2.73. The second-order valence-electron chi connectivity index (χ2n) is 4.31. The largest absolute Gasteiger partial charge is 0.384 e. The molecule has 1 rings (SSSR count). The minimum absolute atomic E-state index is 0.0539. The van der Waals surface area contributed by atoms with E-state index >= 15 is 0 Å². The van der Waals surface area contributed by atoms with Crippen molar-refractivity contribution in [2.75, 3.05) is 31.7 Å². The second kappa shape index (κ2) is 6.35. The standard InChI is InChI=1S/C13H22N4O/c1-5-18-7-6-17(4)13-11(12(14)15)9(2)8-10(3)16-13/h8H,5-7H2,1-4H3,(H3,14,15). The van der Waals surface area contributed by atoms with Crippen LogP contribution in [0.15, 0.2) is 6.07 Å². The first kappa shape index (κ1) is 14.4. The highest BCUT2D eigenvalue weighted by Crippen LogP contribution is 2.21. The molecule has 0 aliphatic rings. The van der Waals surface area contributed by atoms with Crippen molar-refractivity contribution >= 4 is 11.7 Å². The molecule has 0 aliphatic heterocycles. The third kappa shape index (κ3) is 3.43. The Balaban J connectivity index is 3.02. The van der Waals surface area contributed by atoms with Crippen LogP contribution < -0.4 is 10.6 Å². The van der Waals surface area contributed by atoms with Crippen LogP contribution in [0.2, 0.25) is 0 Å². The molecule has 0 aromatic carbocycles. The highest BCUT2D eigenvalue weighted by Gasteiger charge is 2.15. The Bertz CT molecular complexity index is 431. The lowest BCUT2D eigenvalue weighted by Crippen LogP contribution is -2.28. The maximum atomic E-state index is 7.67. The summed E-state index contributed by atoms with van der Waals surface area (Å²) in [4.78, 5) is 6.46. The molecule has 1 aromatic heterocycles. The van der Waals surface area contributed by atoms with Crippen molar-refractivity contribution in [2.24, 2.45) is 5.73 Å². The highest BCUT2D eigenvalue weighted by atomic mass is 16.5. The number of nitrogen functional groups attached to an aromatic ring is 1.